The molecule has 1 fully saturated rings. The Labute approximate surface area is 159 Å². The van der Waals surface area contributed by atoms with Crippen molar-refractivity contribution in [3.63, 3.8) is 0 Å². The zero-order valence-electron chi connectivity index (χ0n) is 15.7. The van der Waals surface area contributed by atoms with Gasteiger partial charge in [-0.15, -0.1) is 0 Å². The number of hydrogen-bond donors (Lipinski definition) is 1. The van der Waals surface area contributed by atoms with E-state index in [1.54, 1.807) is 0 Å². The molecule has 0 saturated carbocycles. The Hall–Kier alpha value is -2.38. The minimum Gasteiger partial charge on any atom is -0.317 e. The molecular formula is C25H31N. The Kier molecular flexibility index (Phi) is 10.6. The van der Waals surface area contributed by atoms with Crippen molar-refractivity contribution in [1.29, 1.82) is 0 Å². The van der Waals surface area contributed by atoms with E-state index in [0.717, 1.165) is 12.8 Å². The number of aryl methyl sites for hydroxylation is 2. The Bertz CT molecular complexity index is 568. The quantitative estimate of drug-likeness (QED) is 0.621. The van der Waals surface area contributed by atoms with E-state index in [1.165, 1.54) is 43.5 Å². The highest BCUT2D eigenvalue weighted by molar-refractivity contribution is 5.19. The average Bonchev–Trinajstić information content (AvgIpc) is 2.77. The van der Waals surface area contributed by atoms with E-state index in [4.69, 9.17) is 0 Å². The number of nitrogens with one attached hydrogen (secondary N) is 1. The third-order valence-electron chi connectivity index (χ3n) is 4.26. The predicted molar refractivity (Wildman–Crippen MR) is 113 cm³/mol. The standard InChI is InChI=1S/C14H14.C6H6.C5H11N/c1-3-7-13(8-4-1)11-12-14-9-5-2-6-10-14;2*1-2-4-6-5-3-1/h1-10H,11-12H2;1-6H;6H,1-5H2. The van der Waals surface area contributed by atoms with Crippen LogP contribution < -0.4 is 5.32 Å². The summed E-state index contributed by atoms with van der Waals surface area (Å²) in [5.74, 6) is 0. The topological polar surface area (TPSA) is 12.0 Å². The maximum absolute atomic E-state index is 3.28. The van der Waals surface area contributed by atoms with Crippen LogP contribution in [0.3, 0.4) is 0 Å². The Morgan fingerprint density at radius 1 is 0.462 bits per heavy atom. The van der Waals surface area contributed by atoms with Crippen molar-refractivity contribution in [2.75, 3.05) is 13.1 Å². The number of piperidine rings is 1. The van der Waals surface area contributed by atoms with Crippen LogP contribution >= 0.6 is 0 Å². The summed E-state index contributed by atoms with van der Waals surface area (Å²) in [6.45, 7) is 2.50. The van der Waals surface area contributed by atoms with Gasteiger partial charge in [0.05, 0.1) is 0 Å². The van der Waals surface area contributed by atoms with Crippen LogP contribution in [0.15, 0.2) is 97.1 Å². The summed E-state index contributed by atoms with van der Waals surface area (Å²) >= 11 is 0. The van der Waals surface area contributed by atoms with Crippen molar-refractivity contribution in [2.45, 2.75) is 32.1 Å². The predicted octanol–water partition coefficient (Wildman–Crippen LogP) is 5.92. The van der Waals surface area contributed by atoms with E-state index < -0.39 is 0 Å². The first kappa shape index (κ1) is 19.9. The van der Waals surface area contributed by atoms with E-state index in [2.05, 4.69) is 66.0 Å². The van der Waals surface area contributed by atoms with E-state index >= 15 is 0 Å². The molecule has 26 heavy (non-hydrogen) atoms. The van der Waals surface area contributed by atoms with Crippen LogP contribution in [-0.4, -0.2) is 13.1 Å². The fourth-order valence-corrected chi connectivity index (χ4v) is 2.76. The molecule has 4 rings (SSSR count). The van der Waals surface area contributed by atoms with Crippen LogP contribution in [0.1, 0.15) is 30.4 Å². The second-order valence-corrected chi connectivity index (χ2v) is 6.44. The second-order valence-electron chi connectivity index (χ2n) is 6.44. The summed E-state index contributed by atoms with van der Waals surface area (Å²) in [6, 6.07) is 33.2. The van der Waals surface area contributed by atoms with Crippen molar-refractivity contribution in [1.82, 2.24) is 5.32 Å². The lowest BCUT2D eigenvalue weighted by Crippen LogP contribution is -2.21. The average molecular weight is 346 g/mol. The van der Waals surface area contributed by atoms with Crippen LogP contribution in [0, 0.1) is 0 Å². The summed E-state index contributed by atoms with van der Waals surface area (Å²) in [5.41, 5.74) is 2.83. The lowest BCUT2D eigenvalue weighted by molar-refractivity contribution is 0.520. The van der Waals surface area contributed by atoms with E-state index in [0.29, 0.717) is 0 Å². The van der Waals surface area contributed by atoms with Gasteiger partial charge in [-0.25, -0.2) is 0 Å². The van der Waals surface area contributed by atoms with Crippen molar-refractivity contribution < 1.29 is 0 Å². The molecular weight excluding hydrogens is 314 g/mol. The van der Waals surface area contributed by atoms with Crippen LogP contribution in [0.25, 0.3) is 0 Å². The van der Waals surface area contributed by atoms with E-state index in [1.807, 2.05) is 36.4 Å². The van der Waals surface area contributed by atoms with Gasteiger partial charge in [0.25, 0.3) is 0 Å². The summed E-state index contributed by atoms with van der Waals surface area (Å²) in [6.07, 6.45) is 6.47. The van der Waals surface area contributed by atoms with Gasteiger partial charge in [-0.05, 0) is 49.9 Å². The van der Waals surface area contributed by atoms with Crippen molar-refractivity contribution in [3.8, 4) is 0 Å². The molecule has 0 bridgehead atoms. The number of hydrogen-bond acceptors (Lipinski definition) is 1. The molecule has 0 radical (unpaired) electrons. The normalized spacial score (nSPS) is 12.8. The summed E-state index contributed by atoms with van der Waals surface area (Å²) in [4.78, 5) is 0. The summed E-state index contributed by atoms with van der Waals surface area (Å²) in [7, 11) is 0. The van der Waals surface area contributed by atoms with Gasteiger partial charge < -0.3 is 5.32 Å². The first-order valence-electron chi connectivity index (χ1n) is 9.74. The van der Waals surface area contributed by atoms with Crippen LogP contribution in [0.5, 0.6) is 0 Å². The van der Waals surface area contributed by atoms with Gasteiger partial charge in [-0.2, -0.15) is 0 Å². The highest BCUT2D eigenvalue weighted by Crippen LogP contribution is 2.06. The third-order valence-corrected chi connectivity index (χ3v) is 4.26. The van der Waals surface area contributed by atoms with Crippen LogP contribution in [0.2, 0.25) is 0 Å². The molecule has 1 aliphatic rings. The van der Waals surface area contributed by atoms with Crippen molar-refractivity contribution in [2.24, 2.45) is 0 Å². The number of rotatable bonds is 3. The highest BCUT2D eigenvalue weighted by Gasteiger charge is 1.94. The van der Waals surface area contributed by atoms with Gasteiger partial charge in [-0.1, -0.05) is 103 Å². The summed E-state index contributed by atoms with van der Waals surface area (Å²) < 4.78 is 0. The molecule has 1 heteroatoms. The Morgan fingerprint density at radius 2 is 0.808 bits per heavy atom. The minimum absolute atomic E-state index is 1.13. The lowest BCUT2D eigenvalue weighted by Gasteiger charge is -2.08. The largest absolute Gasteiger partial charge is 0.317 e. The summed E-state index contributed by atoms with van der Waals surface area (Å²) in [5, 5.41) is 3.28. The molecule has 0 amide bonds. The van der Waals surface area contributed by atoms with Gasteiger partial charge in [0.15, 0.2) is 0 Å². The minimum atomic E-state index is 1.13. The highest BCUT2D eigenvalue weighted by atomic mass is 14.9. The van der Waals surface area contributed by atoms with Gasteiger partial charge in [0.2, 0.25) is 0 Å². The van der Waals surface area contributed by atoms with E-state index in [-0.39, 0.29) is 0 Å². The van der Waals surface area contributed by atoms with Crippen LogP contribution in [0.4, 0.5) is 0 Å². The molecule has 1 nitrogen and oxygen atoms in total. The van der Waals surface area contributed by atoms with Gasteiger partial charge in [0, 0.05) is 0 Å². The monoisotopic (exact) mass is 345 g/mol. The maximum Gasteiger partial charge on any atom is -0.00489 e. The first-order chi connectivity index (χ1) is 12.9. The van der Waals surface area contributed by atoms with Gasteiger partial charge in [0.1, 0.15) is 0 Å². The molecule has 0 spiro atoms. The molecule has 1 saturated heterocycles. The zero-order chi connectivity index (χ0) is 18.1. The first-order valence-corrected chi connectivity index (χ1v) is 9.74. The lowest BCUT2D eigenvalue weighted by atomic mass is 10.0. The molecule has 0 aromatic heterocycles. The zero-order valence-corrected chi connectivity index (χ0v) is 15.7. The molecule has 0 atom stereocenters. The maximum atomic E-state index is 3.28. The molecule has 1 N–H and O–H groups in total. The third kappa shape index (κ3) is 9.80. The Balaban J connectivity index is 0.000000166. The van der Waals surface area contributed by atoms with Gasteiger partial charge in [-0.3, -0.25) is 0 Å². The molecule has 136 valence electrons. The molecule has 3 aromatic carbocycles. The molecule has 0 unspecified atom stereocenters. The Morgan fingerprint density at radius 3 is 1.08 bits per heavy atom. The smallest absolute Gasteiger partial charge is 0.00489 e. The fourth-order valence-electron chi connectivity index (χ4n) is 2.76. The second kappa shape index (κ2) is 13.9. The van der Waals surface area contributed by atoms with Gasteiger partial charge >= 0.3 is 0 Å². The van der Waals surface area contributed by atoms with Crippen LogP contribution in [-0.2, 0) is 12.8 Å². The molecule has 1 aliphatic heterocycles. The van der Waals surface area contributed by atoms with Crippen molar-refractivity contribution >= 4 is 0 Å². The SMILES string of the molecule is C1CCNCC1.c1ccc(CCc2ccccc2)cc1.c1ccccc1. The van der Waals surface area contributed by atoms with Crippen molar-refractivity contribution in [3.05, 3.63) is 108 Å². The molecule has 1 heterocycles. The molecule has 3 aromatic rings. The molecule has 0 aliphatic carbocycles. The van der Waals surface area contributed by atoms with E-state index in [9.17, 15) is 0 Å². The number of benzene rings is 3. The fraction of sp³-hybridized carbons (Fsp3) is 0.280.